The standard InChI is InChI=1S/C15H16BrN5OS2/c1-3-5-12-18-13(22-21-12)9(2)23-15-20-19-14(24-15)17-11-7-4-6-10(16)8-11/h4,6-9H,3,5H2,1-2H3,(H,17,19). The molecule has 1 unspecified atom stereocenters. The molecule has 3 rings (SSSR count). The van der Waals surface area contributed by atoms with Crippen molar-refractivity contribution in [2.24, 2.45) is 0 Å². The number of nitrogens with zero attached hydrogens (tertiary/aromatic N) is 4. The molecule has 0 aliphatic carbocycles. The van der Waals surface area contributed by atoms with Gasteiger partial charge < -0.3 is 9.84 Å². The molecule has 1 atom stereocenters. The zero-order valence-electron chi connectivity index (χ0n) is 13.2. The normalized spacial score (nSPS) is 12.3. The van der Waals surface area contributed by atoms with E-state index >= 15 is 0 Å². The highest BCUT2D eigenvalue weighted by atomic mass is 79.9. The minimum Gasteiger partial charge on any atom is -0.338 e. The average Bonchev–Trinajstić information content (AvgIpc) is 3.17. The van der Waals surface area contributed by atoms with Crippen molar-refractivity contribution in [1.29, 1.82) is 0 Å². The quantitative estimate of drug-likeness (QED) is 0.518. The van der Waals surface area contributed by atoms with Gasteiger partial charge in [-0.2, -0.15) is 4.98 Å². The van der Waals surface area contributed by atoms with Crippen LogP contribution >= 0.6 is 39.0 Å². The van der Waals surface area contributed by atoms with Crippen LogP contribution in [0.3, 0.4) is 0 Å². The average molecular weight is 426 g/mol. The van der Waals surface area contributed by atoms with Crippen molar-refractivity contribution < 1.29 is 4.52 Å². The Morgan fingerprint density at radius 1 is 1.38 bits per heavy atom. The second-order valence-corrected chi connectivity index (χ2v) is 8.55. The zero-order valence-corrected chi connectivity index (χ0v) is 16.4. The highest BCUT2D eigenvalue weighted by Crippen LogP contribution is 2.37. The van der Waals surface area contributed by atoms with E-state index in [2.05, 4.69) is 48.5 Å². The lowest BCUT2D eigenvalue weighted by atomic mass is 10.3. The van der Waals surface area contributed by atoms with Crippen molar-refractivity contribution >= 4 is 49.8 Å². The van der Waals surface area contributed by atoms with Crippen molar-refractivity contribution in [3.8, 4) is 0 Å². The van der Waals surface area contributed by atoms with Crippen LogP contribution in [-0.2, 0) is 6.42 Å². The summed E-state index contributed by atoms with van der Waals surface area (Å²) < 4.78 is 7.19. The first kappa shape index (κ1) is 17.4. The summed E-state index contributed by atoms with van der Waals surface area (Å²) in [6.07, 6.45) is 1.84. The number of anilines is 2. The number of hydrogen-bond donors (Lipinski definition) is 1. The first-order valence-electron chi connectivity index (χ1n) is 7.49. The smallest absolute Gasteiger partial charge is 0.239 e. The van der Waals surface area contributed by atoms with E-state index in [-0.39, 0.29) is 5.25 Å². The molecule has 2 heterocycles. The maximum absolute atomic E-state index is 5.32. The number of aromatic nitrogens is 4. The molecule has 1 aromatic carbocycles. The molecule has 0 amide bonds. The van der Waals surface area contributed by atoms with Gasteiger partial charge in [0.25, 0.3) is 0 Å². The van der Waals surface area contributed by atoms with Crippen LogP contribution in [0.4, 0.5) is 10.8 Å². The number of benzene rings is 1. The molecule has 9 heteroatoms. The molecule has 0 bridgehead atoms. The van der Waals surface area contributed by atoms with Gasteiger partial charge in [0, 0.05) is 16.6 Å². The number of hydrogen-bond acceptors (Lipinski definition) is 8. The first-order chi connectivity index (χ1) is 11.6. The molecule has 0 aliphatic heterocycles. The molecule has 3 aromatic rings. The minimum absolute atomic E-state index is 0.0368. The third-order valence-corrected chi connectivity index (χ3v) is 5.57. The van der Waals surface area contributed by atoms with Crippen LogP contribution in [0.5, 0.6) is 0 Å². The number of thioether (sulfide) groups is 1. The van der Waals surface area contributed by atoms with Crippen LogP contribution in [-0.4, -0.2) is 20.3 Å². The number of rotatable bonds is 7. The van der Waals surface area contributed by atoms with E-state index in [0.717, 1.165) is 38.3 Å². The Morgan fingerprint density at radius 2 is 2.25 bits per heavy atom. The Morgan fingerprint density at radius 3 is 3.04 bits per heavy atom. The molecule has 0 saturated carbocycles. The van der Waals surface area contributed by atoms with Gasteiger partial charge in [-0.15, -0.1) is 10.2 Å². The summed E-state index contributed by atoms with van der Waals surface area (Å²) in [5.74, 6) is 1.38. The molecule has 2 aromatic heterocycles. The summed E-state index contributed by atoms with van der Waals surface area (Å²) in [7, 11) is 0. The molecular weight excluding hydrogens is 410 g/mol. The SMILES string of the molecule is CCCc1noc(C(C)Sc2nnc(Nc3cccc(Br)c3)s2)n1. The van der Waals surface area contributed by atoms with Crippen molar-refractivity contribution in [1.82, 2.24) is 20.3 Å². The fraction of sp³-hybridized carbons (Fsp3) is 0.333. The number of nitrogens with one attached hydrogen (secondary N) is 1. The Hall–Kier alpha value is -1.45. The monoisotopic (exact) mass is 425 g/mol. The van der Waals surface area contributed by atoms with E-state index in [0.29, 0.717) is 5.89 Å². The van der Waals surface area contributed by atoms with Gasteiger partial charge in [-0.25, -0.2) is 0 Å². The lowest BCUT2D eigenvalue weighted by Gasteiger charge is -2.02. The Labute approximate surface area is 156 Å². The molecule has 0 spiro atoms. The van der Waals surface area contributed by atoms with Crippen LogP contribution in [0.25, 0.3) is 0 Å². The van der Waals surface area contributed by atoms with Crippen molar-refractivity contribution in [3.05, 3.63) is 40.5 Å². The summed E-state index contributed by atoms with van der Waals surface area (Å²) in [4.78, 5) is 4.42. The number of halogens is 1. The molecule has 0 aliphatic rings. The molecule has 0 saturated heterocycles. The van der Waals surface area contributed by atoms with E-state index in [4.69, 9.17) is 4.52 Å². The lowest BCUT2D eigenvalue weighted by molar-refractivity contribution is 0.374. The Bertz CT molecular complexity index is 807. The Balaban J connectivity index is 1.62. The van der Waals surface area contributed by atoms with E-state index < -0.39 is 0 Å². The topological polar surface area (TPSA) is 76.7 Å². The summed E-state index contributed by atoms with van der Waals surface area (Å²) in [6.45, 7) is 4.12. The van der Waals surface area contributed by atoms with Crippen molar-refractivity contribution in [2.75, 3.05) is 5.32 Å². The van der Waals surface area contributed by atoms with Crippen LogP contribution in [0.1, 0.15) is 37.2 Å². The fourth-order valence-electron chi connectivity index (χ4n) is 1.96. The maximum atomic E-state index is 5.32. The molecular formula is C15H16BrN5OS2. The van der Waals surface area contributed by atoms with Gasteiger partial charge in [0.15, 0.2) is 10.2 Å². The molecule has 24 heavy (non-hydrogen) atoms. The fourth-order valence-corrected chi connectivity index (χ4v) is 4.30. The molecule has 6 nitrogen and oxygen atoms in total. The first-order valence-corrected chi connectivity index (χ1v) is 9.98. The van der Waals surface area contributed by atoms with E-state index in [9.17, 15) is 0 Å². The minimum atomic E-state index is 0.0368. The van der Waals surface area contributed by atoms with Crippen LogP contribution < -0.4 is 5.32 Å². The molecule has 126 valence electrons. The highest BCUT2D eigenvalue weighted by Gasteiger charge is 2.18. The van der Waals surface area contributed by atoms with Crippen molar-refractivity contribution in [2.45, 2.75) is 36.3 Å². The van der Waals surface area contributed by atoms with Gasteiger partial charge in [0.2, 0.25) is 11.0 Å². The second kappa shape index (κ2) is 8.09. The summed E-state index contributed by atoms with van der Waals surface area (Å²) in [5.41, 5.74) is 0.964. The van der Waals surface area contributed by atoms with Gasteiger partial charge in [-0.1, -0.05) is 57.2 Å². The third kappa shape index (κ3) is 4.55. The summed E-state index contributed by atoms with van der Waals surface area (Å²) in [5, 5.41) is 16.4. The van der Waals surface area contributed by atoms with Gasteiger partial charge in [-0.05, 0) is 31.5 Å². The highest BCUT2D eigenvalue weighted by molar-refractivity contribution is 9.10. The Kier molecular flexibility index (Phi) is 5.85. The molecule has 0 radical (unpaired) electrons. The number of aryl methyl sites for hydroxylation is 1. The second-order valence-electron chi connectivity index (χ2n) is 5.07. The maximum Gasteiger partial charge on any atom is 0.239 e. The van der Waals surface area contributed by atoms with Gasteiger partial charge in [-0.3, -0.25) is 0 Å². The zero-order chi connectivity index (χ0) is 16.9. The van der Waals surface area contributed by atoms with Crippen LogP contribution in [0, 0.1) is 0 Å². The van der Waals surface area contributed by atoms with Gasteiger partial charge in [0.1, 0.15) is 0 Å². The van der Waals surface area contributed by atoms with E-state index in [1.165, 1.54) is 11.3 Å². The van der Waals surface area contributed by atoms with Crippen LogP contribution in [0.2, 0.25) is 0 Å². The van der Waals surface area contributed by atoms with Crippen LogP contribution in [0.15, 0.2) is 37.6 Å². The molecule has 1 N–H and O–H groups in total. The van der Waals surface area contributed by atoms with E-state index in [1.54, 1.807) is 11.8 Å². The summed E-state index contributed by atoms with van der Waals surface area (Å²) in [6, 6.07) is 7.92. The molecule has 0 fully saturated rings. The van der Waals surface area contributed by atoms with Gasteiger partial charge >= 0.3 is 0 Å². The van der Waals surface area contributed by atoms with E-state index in [1.807, 2.05) is 31.2 Å². The lowest BCUT2D eigenvalue weighted by Crippen LogP contribution is -1.90. The largest absolute Gasteiger partial charge is 0.338 e. The third-order valence-electron chi connectivity index (χ3n) is 3.07. The van der Waals surface area contributed by atoms with Gasteiger partial charge in [0.05, 0.1) is 5.25 Å². The predicted octanol–water partition coefficient (Wildman–Crippen LogP) is 5.23. The predicted molar refractivity (Wildman–Crippen MR) is 99.9 cm³/mol. The summed E-state index contributed by atoms with van der Waals surface area (Å²) >= 11 is 6.51. The van der Waals surface area contributed by atoms with Crippen molar-refractivity contribution in [3.63, 3.8) is 0 Å².